The van der Waals surface area contributed by atoms with E-state index >= 15 is 0 Å². The monoisotopic (exact) mass is 222 g/mol. The molecule has 2 rings (SSSR count). The van der Waals surface area contributed by atoms with Crippen molar-refractivity contribution in [2.45, 2.75) is 0 Å². The minimum Gasteiger partial charge on any atom is -0.410 e. The lowest BCUT2D eigenvalue weighted by Crippen LogP contribution is -2.30. The number of benzene rings is 1. The molecule has 1 aliphatic heterocycles. The van der Waals surface area contributed by atoms with Gasteiger partial charge in [0.25, 0.3) is 0 Å². The van der Waals surface area contributed by atoms with Crippen molar-refractivity contribution in [3.63, 3.8) is 0 Å². The van der Waals surface area contributed by atoms with Gasteiger partial charge in [-0.15, -0.1) is 0 Å². The standard InChI is InChI=1S/C10H10N2O2S/c13-10(12-9-11-6-7-15-9)14-8-4-2-1-3-5-8/h1-5H,6-7H2,(H,11,12,13). The summed E-state index contributed by atoms with van der Waals surface area (Å²) in [6.07, 6.45) is -0.491. The fraction of sp³-hybridized carbons (Fsp3) is 0.200. The van der Waals surface area contributed by atoms with Crippen LogP contribution in [0.5, 0.6) is 5.75 Å². The fourth-order valence-corrected chi connectivity index (χ4v) is 1.83. The average molecular weight is 222 g/mol. The third kappa shape index (κ3) is 2.99. The molecule has 78 valence electrons. The minimum absolute atomic E-state index is 0.491. The molecular formula is C10H10N2O2S. The average Bonchev–Trinajstić information content (AvgIpc) is 2.71. The Morgan fingerprint density at radius 1 is 1.40 bits per heavy atom. The molecule has 0 aliphatic carbocycles. The lowest BCUT2D eigenvalue weighted by molar-refractivity contribution is 0.206. The molecule has 0 radical (unpaired) electrons. The van der Waals surface area contributed by atoms with Gasteiger partial charge >= 0.3 is 6.09 Å². The Hall–Kier alpha value is -1.49. The van der Waals surface area contributed by atoms with E-state index in [2.05, 4.69) is 10.3 Å². The Bertz CT molecular complexity index is 378. The Kier molecular flexibility index (Phi) is 3.24. The van der Waals surface area contributed by atoms with Crippen molar-refractivity contribution in [2.24, 2.45) is 4.99 Å². The summed E-state index contributed by atoms with van der Waals surface area (Å²) in [4.78, 5) is 15.4. The molecule has 5 heteroatoms. The summed E-state index contributed by atoms with van der Waals surface area (Å²) in [6.45, 7) is 0.756. The molecule has 4 nitrogen and oxygen atoms in total. The van der Waals surface area contributed by atoms with Crippen molar-refractivity contribution < 1.29 is 9.53 Å². The van der Waals surface area contributed by atoms with Gasteiger partial charge < -0.3 is 4.74 Å². The zero-order valence-electron chi connectivity index (χ0n) is 7.97. The van der Waals surface area contributed by atoms with Crippen LogP contribution in [0.25, 0.3) is 0 Å². The van der Waals surface area contributed by atoms with Crippen LogP contribution in [0.2, 0.25) is 0 Å². The van der Waals surface area contributed by atoms with Gasteiger partial charge in [-0.2, -0.15) is 0 Å². The number of para-hydroxylation sites is 1. The number of hydrogen-bond acceptors (Lipinski definition) is 4. The molecule has 1 heterocycles. The number of rotatable bonds is 1. The van der Waals surface area contributed by atoms with Gasteiger partial charge in [-0.1, -0.05) is 30.0 Å². The van der Waals surface area contributed by atoms with Crippen LogP contribution in [-0.4, -0.2) is 23.6 Å². The van der Waals surface area contributed by atoms with E-state index in [9.17, 15) is 4.79 Å². The van der Waals surface area contributed by atoms with Gasteiger partial charge in [0, 0.05) is 5.75 Å². The minimum atomic E-state index is -0.491. The number of carbonyl (C=O) groups is 1. The molecule has 0 saturated heterocycles. The maximum Gasteiger partial charge on any atom is 0.418 e. The van der Waals surface area contributed by atoms with Crippen molar-refractivity contribution in [3.8, 4) is 5.75 Å². The molecule has 0 fully saturated rings. The van der Waals surface area contributed by atoms with Crippen LogP contribution in [0.15, 0.2) is 35.3 Å². The van der Waals surface area contributed by atoms with Crippen LogP contribution in [0, 0.1) is 0 Å². The van der Waals surface area contributed by atoms with Crippen molar-refractivity contribution in [3.05, 3.63) is 30.3 Å². The number of aliphatic imine (C=N–C) groups is 1. The molecule has 1 aromatic carbocycles. The number of thioether (sulfide) groups is 1. The van der Waals surface area contributed by atoms with Gasteiger partial charge in [-0.25, -0.2) is 4.79 Å². The van der Waals surface area contributed by atoms with Crippen molar-refractivity contribution >= 4 is 23.0 Å². The van der Waals surface area contributed by atoms with E-state index in [1.807, 2.05) is 18.2 Å². The number of nitrogens with one attached hydrogen (secondary N) is 1. The van der Waals surface area contributed by atoms with Crippen molar-refractivity contribution in [1.29, 1.82) is 0 Å². The third-order valence-electron chi connectivity index (χ3n) is 1.75. The molecule has 1 amide bonds. The highest BCUT2D eigenvalue weighted by atomic mass is 32.2. The Labute approximate surface area is 91.7 Å². The molecule has 0 spiro atoms. The fourth-order valence-electron chi connectivity index (χ4n) is 1.12. The summed E-state index contributed by atoms with van der Waals surface area (Å²) in [5, 5.41) is 3.21. The van der Waals surface area contributed by atoms with E-state index in [-0.39, 0.29) is 0 Å². The van der Waals surface area contributed by atoms with Crippen LogP contribution < -0.4 is 10.1 Å². The summed E-state index contributed by atoms with van der Waals surface area (Å²) in [7, 11) is 0. The van der Waals surface area contributed by atoms with Crippen LogP contribution in [0.4, 0.5) is 4.79 Å². The SMILES string of the molecule is O=C(NC1=NCCS1)Oc1ccccc1. The van der Waals surface area contributed by atoms with E-state index < -0.39 is 6.09 Å². The first-order chi connectivity index (χ1) is 7.34. The molecule has 1 N–H and O–H groups in total. The largest absolute Gasteiger partial charge is 0.418 e. The van der Waals surface area contributed by atoms with Crippen LogP contribution >= 0.6 is 11.8 Å². The topological polar surface area (TPSA) is 50.7 Å². The van der Waals surface area contributed by atoms with E-state index in [4.69, 9.17) is 4.74 Å². The molecular weight excluding hydrogens is 212 g/mol. The number of nitrogens with zero attached hydrogens (tertiary/aromatic N) is 1. The van der Waals surface area contributed by atoms with Gasteiger partial charge in [0.2, 0.25) is 0 Å². The zero-order valence-corrected chi connectivity index (χ0v) is 8.79. The maximum absolute atomic E-state index is 11.3. The molecule has 0 atom stereocenters. The summed E-state index contributed by atoms with van der Waals surface area (Å²) in [5.41, 5.74) is 0. The Morgan fingerprint density at radius 3 is 2.87 bits per heavy atom. The molecule has 0 unspecified atom stereocenters. The Morgan fingerprint density at radius 2 is 2.20 bits per heavy atom. The number of ether oxygens (including phenoxy) is 1. The zero-order chi connectivity index (χ0) is 10.5. The second-order valence-electron chi connectivity index (χ2n) is 2.86. The maximum atomic E-state index is 11.3. The first-order valence-electron chi connectivity index (χ1n) is 4.56. The highest BCUT2D eigenvalue weighted by Crippen LogP contribution is 2.11. The molecule has 15 heavy (non-hydrogen) atoms. The Balaban J connectivity index is 1.87. The highest BCUT2D eigenvalue weighted by Gasteiger charge is 2.11. The number of hydrogen-bond donors (Lipinski definition) is 1. The predicted molar refractivity (Wildman–Crippen MR) is 60.4 cm³/mol. The van der Waals surface area contributed by atoms with E-state index in [1.54, 1.807) is 12.1 Å². The van der Waals surface area contributed by atoms with E-state index in [1.165, 1.54) is 11.8 Å². The first-order valence-corrected chi connectivity index (χ1v) is 5.54. The summed E-state index contributed by atoms with van der Waals surface area (Å²) in [6, 6.07) is 8.93. The number of amidine groups is 1. The lowest BCUT2D eigenvalue weighted by Gasteiger charge is -2.04. The predicted octanol–water partition coefficient (Wildman–Crippen LogP) is 1.88. The third-order valence-corrected chi connectivity index (χ3v) is 2.64. The van der Waals surface area contributed by atoms with Crippen molar-refractivity contribution in [1.82, 2.24) is 5.32 Å². The molecule has 0 aromatic heterocycles. The number of amides is 1. The quantitative estimate of drug-likeness (QED) is 0.789. The summed E-state index contributed by atoms with van der Waals surface area (Å²) in [5.74, 6) is 1.44. The highest BCUT2D eigenvalue weighted by molar-refractivity contribution is 8.14. The van der Waals surface area contributed by atoms with Gasteiger partial charge in [0.05, 0.1) is 6.54 Å². The molecule has 0 bridgehead atoms. The number of carbonyl (C=O) groups excluding carboxylic acids is 1. The summed E-state index contributed by atoms with van der Waals surface area (Å²) < 4.78 is 5.03. The van der Waals surface area contributed by atoms with Gasteiger partial charge in [0.15, 0.2) is 5.17 Å². The molecule has 1 aliphatic rings. The van der Waals surface area contributed by atoms with Crippen LogP contribution in [0.1, 0.15) is 0 Å². The van der Waals surface area contributed by atoms with E-state index in [0.29, 0.717) is 10.9 Å². The molecule has 0 saturated carbocycles. The normalized spacial score (nSPS) is 14.5. The van der Waals surface area contributed by atoms with E-state index in [0.717, 1.165) is 12.3 Å². The summed E-state index contributed by atoms with van der Waals surface area (Å²) >= 11 is 1.52. The van der Waals surface area contributed by atoms with Crippen LogP contribution in [0.3, 0.4) is 0 Å². The van der Waals surface area contributed by atoms with Crippen molar-refractivity contribution in [2.75, 3.05) is 12.3 Å². The lowest BCUT2D eigenvalue weighted by atomic mass is 10.3. The second kappa shape index (κ2) is 4.84. The van der Waals surface area contributed by atoms with Gasteiger partial charge in [-0.3, -0.25) is 10.3 Å². The van der Waals surface area contributed by atoms with Gasteiger partial charge in [0.1, 0.15) is 5.75 Å². The second-order valence-corrected chi connectivity index (χ2v) is 3.95. The first kappa shape index (κ1) is 10.0. The molecule has 1 aromatic rings. The van der Waals surface area contributed by atoms with Gasteiger partial charge in [-0.05, 0) is 12.1 Å². The van der Waals surface area contributed by atoms with Crippen LogP contribution in [-0.2, 0) is 0 Å². The smallest absolute Gasteiger partial charge is 0.410 e.